The van der Waals surface area contributed by atoms with Gasteiger partial charge < -0.3 is 0 Å². The second kappa shape index (κ2) is 7.40. The van der Waals surface area contributed by atoms with Gasteiger partial charge in [-0.15, -0.1) is 0 Å². The van der Waals surface area contributed by atoms with E-state index in [-0.39, 0.29) is 26.6 Å². The zero-order valence-corrected chi connectivity index (χ0v) is 17.4. The summed E-state index contributed by atoms with van der Waals surface area (Å²) in [5.74, 6) is 0.141. The Kier molecular flexibility index (Phi) is 5.06. The minimum Gasteiger partial charge on any atom is -0.219 e. The molecule has 1 N–H and O–H groups in total. The van der Waals surface area contributed by atoms with Gasteiger partial charge in [0.1, 0.15) is 0 Å². The summed E-state index contributed by atoms with van der Waals surface area (Å²) < 4.78 is 54.5. The van der Waals surface area contributed by atoms with Crippen molar-refractivity contribution in [3.63, 3.8) is 0 Å². The summed E-state index contributed by atoms with van der Waals surface area (Å²) in [5.41, 5.74) is 1.60. The first-order valence-corrected chi connectivity index (χ1v) is 12.2. The van der Waals surface area contributed by atoms with Crippen molar-refractivity contribution in [2.24, 2.45) is 0 Å². The molecule has 0 aromatic heterocycles. The fourth-order valence-corrected chi connectivity index (χ4v) is 6.37. The second-order valence-corrected chi connectivity index (χ2v) is 10.9. The number of hydrogen-bond acceptors (Lipinski definition) is 4. The Labute approximate surface area is 171 Å². The normalized spacial score (nSPS) is 19.1. The Morgan fingerprint density at radius 3 is 2.07 bits per heavy atom. The van der Waals surface area contributed by atoms with Crippen LogP contribution in [0.25, 0.3) is 0 Å². The molecule has 3 aromatic carbocycles. The highest BCUT2D eigenvalue weighted by atomic mass is 32.2. The number of hydrogen-bond donors (Lipinski definition) is 1. The Morgan fingerprint density at radius 2 is 1.41 bits per heavy atom. The molecule has 0 heterocycles. The number of benzene rings is 3. The average molecular weight is 428 g/mol. The summed E-state index contributed by atoms with van der Waals surface area (Å²) in [6, 6.07) is 21.8. The molecular formula is C22H21NO4S2. The lowest BCUT2D eigenvalue weighted by atomic mass is 10.1. The van der Waals surface area contributed by atoms with Crippen LogP contribution < -0.4 is 4.72 Å². The predicted octanol–water partition coefficient (Wildman–Crippen LogP) is 3.66. The molecule has 0 radical (unpaired) electrons. The van der Waals surface area contributed by atoms with E-state index in [1.54, 1.807) is 25.1 Å². The van der Waals surface area contributed by atoms with Gasteiger partial charge in [-0.1, -0.05) is 54.6 Å². The lowest BCUT2D eigenvalue weighted by molar-refractivity contribution is 0.579. The third-order valence-electron chi connectivity index (χ3n) is 5.14. The molecule has 4 rings (SSSR count). The smallest absolute Gasteiger partial charge is 0.219 e. The van der Waals surface area contributed by atoms with Gasteiger partial charge in [0.15, 0.2) is 0 Å². The van der Waals surface area contributed by atoms with Crippen LogP contribution in [0.3, 0.4) is 0 Å². The molecule has 150 valence electrons. The first-order chi connectivity index (χ1) is 13.8. The van der Waals surface area contributed by atoms with Crippen LogP contribution in [-0.4, -0.2) is 22.9 Å². The minimum atomic E-state index is -3.85. The summed E-state index contributed by atoms with van der Waals surface area (Å²) in [4.78, 5) is 0.0878. The van der Waals surface area contributed by atoms with Crippen LogP contribution in [0.4, 0.5) is 0 Å². The van der Waals surface area contributed by atoms with E-state index in [9.17, 15) is 16.8 Å². The SMILES string of the molecule is Cc1ccc(S(=O)(=O)c2ccccc2)cc1S(=O)(=O)N[C@H]1C[C@@H]1c1ccccc1. The molecule has 3 aromatic rings. The van der Waals surface area contributed by atoms with Crippen molar-refractivity contribution < 1.29 is 16.8 Å². The summed E-state index contributed by atoms with van der Waals surface area (Å²) >= 11 is 0. The molecule has 0 spiro atoms. The van der Waals surface area contributed by atoms with Crippen molar-refractivity contribution in [2.75, 3.05) is 0 Å². The van der Waals surface area contributed by atoms with Crippen LogP contribution in [0, 0.1) is 6.92 Å². The molecule has 5 nitrogen and oxygen atoms in total. The molecule has 2 atom stereocenters. The standard InChI is InChI=1S/C22H21NO4S2/c1-16-12-13-19(28(24,25)18-10-6-3-7-11-18)14-22(16)29(26,27)23-21-15-20(21)17-8-4-2-5-9-17/h2-14,20-21,23H,15H2,1H3/t20-,21+/m1/s1. The van der Waals surface area contributed by atoms with Crippen molar-refractivity contribution in [3.05, 3.63) is 90.0 Å². The third-order valence-corrected chi connectivity index (χ3v) is 8.54. The topological polar surface area (TPSA) is 80.3 Å². The van der Waals surface area contributed by atoms with E-state index in [2.05, 4.69) is 4.72 Å². The Balaban J connectivity index is 1.62. The number of sulfonamides is 1. The number of sulfone groups is 1. The fourth-order valence-electron chi connectivity index (χ4n) is 3.43. The largest absolute Gasteiger partial charge is 0.241 e. The van der Waals surface area contributed by atoms with Crippen molar-refractivity contribution in [3.8, 4) is 0 Å². The number of aryl methyl sites for hydroxylation is 1. The zero-order valence-electron chi connectivity index (χ0n) is 15.8. The minimum absolute atomic E-state index is 0.00628. The van der Waals surface area contributed by atoms with Crippen LogP contribution in [0.2, 0.25) is 0 Å². The van der Waals surface area contributed by atoms with E-state index in [1.807, 2.05) is 30.3 Å². The van der Waals surface area contributed by atoms with Gasteiger partial charge in [0.2, 0.25) is 19.9 Å². The van der Waals surface area contributed by atoms with Gasteiger partial charge in [-0.25, -0.2) is 21.6 Å². The maximum atomic E-state index is 13.0. The predicted molar refractivity (Wildman–Crippen MR) is 111 cm³/mol. The molecule has 0 saturated heterocycles. The fraction of sp³-hybridized carbons (Fsp3) is 0.182. The van der Waals surface area contributed by atoms with Crippen molar-refractivity contribution in [1.82, 2.24) is 4.72 Å². The molecule has 7 heteroatoms. The monoisotopic (exact) mass is 427 g/mol. The van der Waals surface area contributed by atoms with E-state index in [1.165, 1.54) is 30.3 Å². The highest BCUT2D eigenvalue weighted by Crippen LogP contribution is 2.41. The highest BCUT2D eigenvalue weighted by Gasteiger charge is 2.41. The van der Waals surface area contributed by atoms with Gasteiger partial charge in [-0.3, -0.25) is 0 Å². The maximum absolute atomic E-state index is 13.0. The van der Waals surface area contributed by atoms with Gasteiger partial charge >= 0.3 is 0 Å². The molecule has 1 aliphatic carbocycles. The zero-order chi connectivity index (χ0) is 20.6. The van der Waals surface area contributed by atoms with Gasteiger partial charge in [0, 0.05) is 12.0 Å². The summed E-state index contributed by atoms with van der Waals surface area (Å²) in [6.45, 7) is 1.66. The molecule has 0 unspecified atom stereocenters. The molecule has 1 aliphatic rings. The van der Waals surface area contributed by atoms with Crippen LogP contribution in [0.5, 0.6) is 0 Å². The van der Waals surface area contributed by atoms with Crippen molar-refractivity contribution in [1.29, 1.82) is 0 Å². The first-order valence-electron chi connectivity index (χ1n) is 9.27. The quantitative estimate of drug-likeness (QED) is 0.651. The van der Waals surface area contributed by atoms with Gasteiger partial charge in [0.05, 0.1) is 14.7 Å². The maximum Gasteiger partial charge on any atom is 0.241 e. The first kappa shape index (κ1) is 19.8. The third kappa shape index (κ3) is 3.99. The molecule has 29 heavy (non-hydrogen) atoms. The van der Waals surface area contributed by atoms with E-state index < -0.39 is 19.9 Å². The van der Waals surface area contributed by atoms with Gasteiger partial charge in [-0.05, 0) is 48.7 Å². The lowest BCUT2D eigenvalue weighted by Crippen LogP contribution is -2.27. The average Bonchev–Trinajstić information content (AvgIpc) is 3.47. The van der Waals surface area contributed by atoms with Crippen molar-refractivity contribution >= 4 is 19.9 Å². The van der Waals surface area contributed by atoms with Crippen molar-refractivity contribution in [2.45, 2.75) is 40.0 Å². The Hall–Kier alpha value is -2.48. The highest BCUT2D eigenvalue weighted by molar-refractivity contribution is 7.91. The lowest BCUT2D eigenvalue weighted by Gasteiger charge is -2.12. The second-order valence-electron chi connectivity index (χ2n) is 7.22. The molecule has 1 saturated carbocycles. The summed E-state index contributed by atoms with van der Waals surface area (Å²) in [6.07, 6.45) is 0.726. The van der Waals surface area contributed by atoms with Crippen LogP contribution in [-0.2, 0) is 19.9 Å². The number of rotatable bonds is 6. The van der Waals surface area contributed by atoms with Gasteiger partial charge in [-0.2, -0.15) is 0 Å². The molecule has 0 bridgehead atoms. The summed E-state index contributed by atoms with van der Waals surface area (Å²) in [7, 11) is -7.65. The van der Waals surface area contributed by atoms with E-state index >= 15 is 0 Å². The van der Waals surface area contributed by atoms with E-state index in [4.69, 9.17) is 0 Å². The van der Waals surface area contributed by atoms with E-state index in [0.29, 0.717) is 5.56 Å². The van der Waals surface area contributed by atoms with Crippen LogP contribution in [0.15, 0.2) is 93.5 Å². The van der Waals surface area contributed by atoms with Gasteiger partial charge in [0.25, 0.3) is 0 Å². The number of nitrogens with one attached hydrogen (secondary N) is 1. The Bertz CT molecular complexity index is 1240. The molecular weight excluding hydrogens is 406 g/mol. The van der Waals surface area contributed by atoms with Crippen LogP contribution in [0.1, 0.15) is 23.5 Å². The Morgan fingerprint density at radius 1 is 0.793 bits per heavy atom. The summed E-state index contributed by atoms with van der Waals surface area (Å²) in [5, 5.41) is 0. The van der Waals surface area contributed by atoms with E-state index in [0.717, 1.165) is 12.0 Å². The van der Waals surface area contributed by atoms with Crippen LogP contribution >= 0.6 is 0 Å². The molecule has 1 fully saturated rings. The molecule has 0 amide bonds. The molecule has 0 aliphatic heterocycles.